The molecule has 40 nitrogen and oxygen atoms in total. The van der Waals surface area contributed by atoms with Crippen molar-refractivity contribution in [2.24, 2.45) is 91.7 Å². The molecule has 0 unspecified atom stereocenters. The zero-order chi connectivity index (χ0) is 106. The second-order valence-corrected chi connectivity index (χ2v) is 36.0. The third-order valence-electron chi connectivity index (χ3n) is 25.8. The molecular weight excluding hydrogens is 1890 g/mol. The Morgan fingerprint density at radius 3 is 0.399 bits per heavy atom. The van der Waals surface area contributed by atoms with Gasteiger partial charge < -0.3 is 169 Å². The van der Waals surface area contributed by atoms with Crippen LogP contribution in [-0.2, 0) is 64.0 Å². The second-order valence-electron chi connectivity index (χ2n) is 36.0. The zero-order valence-corrected chi connectivity index (χ0v) is 85.8. The molecule has 40 heteroatoms. The van der Waals surface area contributed by atoms with Crippen molar-refractivity contribution in [2.45, 2.75) is 75.0 Å². The lowest BCUT2D eigenvalue weighted by Gasteiger charge is -2.33. The molecule has 148 heavy (non-hydrogen) atoms. The lowest BCUT2D eigenvalue weighted by atomic mass is 9.76. The Hall–Kier alpha value is -12.7. The number of nitrogens with zero attached hydrogens (tertiary/aromatic N) is 8. The van der Waals surface area contributed by atoms with Crippen molar-refractivity contribution < 1.29 is 76.3 Å². The van der Waals surface area contributed by atoms with Crippen molar-refractivity contribution in [3.05, 3.63) is 237 Å². The summed E-state index contributed by atoms with van der Waals surface area (Å²) in [7, 11) is 0. The van der Waals surface area contributed by atoms with E-state index in [1.807, 2.05) is 146 Å². The third-order valence-corrected chi connectivity index (χ3v) is 25.8. The highest BCUT2D eigenvalue weighted by atomic mass is 16.5. The smallest absolute Gasteiger partial charge is 0.260 e. The van der Waals surface area contributed by atoms with Crippen LogP contribution in [-0.4, -0.2) is 349 Å². The van der Waals surface area contributed by atoms with Crippen molar-refractivity contribution in [1.29, 1.82) is 0 Å². The van der Waals surface area contributed by atoms with Crippen LogP contribution in [0.5, 0.6) is 46.0 Å². The van der Waals surface area contributed by atoms with E-state index in [-0.39, 0.29) is 307 Å². The maximum atomic E-state index is 15.4. The van der Waals surface area contributed by atoms with E-state index in [1.165, 1.54) is 39.2 Å². The maximum absolute atomic E-state index is 15.4. The normalized spacial score (nSPS) is 13.6. The first-order chi connectivity index (χ1) is 72.1. The molecule has 8 amide bonds. The number of carbonyl (C=O) groups is 8. The Morgan fingerprint density at radius 1 is 0.176 bits per heavy atom. The minimum absolute atomic E-state index is 0.0377. The number of carbonyl (C=O) groups excluding carboxylic acids is 8. The van der Waals surface area contributed by atoms with Crippen LogP contribution in [0, 0.1) is 0 Å². The molecule has 8 bridgehead atoms. The van der Waals surface area contributed by atoms with E-state index in [2.05, 4.69) is 0 Å². The summed E-state index contributed by atoms with van der Waals surface area (Å²) in [6, 6.07) is 53.2. The maximum Gasteiger partial charge on any atom is 0.260 e. The summed E-state index contributed by atoms with van der Waals surface area (Å²) in [4.78, 5) is 135. The topological polar surface area (TPSA) is 653 Å². The van der Waals surface area contributed by atoms with Gasteiger partial charge in [-0.25, -0.2) is 0 Å². The Kier molecular flexibility index (Phi) is 52.3. The summed E-state index contributed by atoms with van der Waals surface area (Å²) in [5.74, 6) is -8.18. The molecule has 808 valence electrons. The van der Waals surface area contributed by atoms with Crippen LogP contribution in [0.2, 0.25) is 0 Å². The van der Waals surface area contributed by atoms with Gasteiger partial charge in [0, 0.05) is 302 Å². The van der Waals surface area contributed by atoms with Crippen molar-refractivity contribution in [3.8, 4) is 46.0 Å². The molecule has 8 aromatic rings. The molecule has 8 aromatic carbocycles. The summed E-state index contributed by atoms with van der Waals surface area (Å²) in [5.41, 5.74) is 107. The number of nitrogens with two attached hydrogens (primary N) is 16. The molecule has 0 radical (unpaired) electrons. The lowest BCUT2D eigenvalue weighted by molar-refractivity contribution is -0.134. The van der Waals surface area contributed by atoms with Gasteiger partial charge in [0.05, 0.1) is 0 Å². The van der Waals surface area contributed by atoms with Crippen LogP contribution in [0.3, 0.4) is 0 Å². The fraction of sp³-hybridized carbons (Fsp3) is 0.481. The average Bonchev–Trinajstić information content (AvgIpc) is 0.741. The monoisotopic (exact) mass is 2050 g/mol. The number of ether oxygens (including phenoxy) is 8. The second kappa shape index (κ2) is 65.2. The molecule has 0 saturated heterocycles. The zero-order valence-electron chi connectivity index (χ0n) is 85.8. The van der Waals surface area contributed by atoms with Crippen molar-refractivity contribution in [2.75, 3.05) is 262 Å². The highest BCUT2D eigenvalue weighted by Crippen LogP contribution is 2.54. The van der Waals surface area contributed by atoms with Crippen LogP contribution in [0.1, 0.15) is 116 Å². The van der Waals surface area contributed by atoms with E-state index < -0.39 is 124 Å². The molecule has 0 fully saturated rings. The minimum atomic E-state index is -1.10. The van der Waals surface area contributed by atoms with Gasteiger partial charge in [0.2, 0.25) is 0 Å². The van der Waals surface area contributed by atoms with Gasteiger partial charge in [-0.05, 0) is 97.9 Å². The SMILES string of the molecule is NCCN(CCN)C(=O)COc1cc(OCC(=O)N(CCN)CCN)c2cc1C(CCc1ccccc1)c1cc(c(OCC(=O)N(CCN)CCN)cc1OCC(=O)N(CCN)CCN)C(CCc1ccccc1)c1cc(c(OCC(=O)N(CCN)CCN)cc1OCC(=O)N(CCN)CCN)C(CCc1ccccc1)c1cc(c(OCC(=O)N(CCN)CCN)cc1OCC(=O)N(CCN)CCN)C2CCc1ccccc1. The molecule has 0 aromatic heterocycles. The molecule has 0 atom stereocenters. The van der Waals surface area contributed by atoms with Gasteiger partial charge in [-0.2, -0.15) is 0 Å². The van der Waals surface area contributed by atoms with Crippen LogP contribution in [0.25, 0.3) is 0 Å². The molecule has 9 rings (SSSR count). The van der Waals surface area contributed by atoms with Crippen LogP contribution in [0.4, 0.5) is 0 Å². The van der Waals surface area contributed by atoms with Gasteiger partial charge in [-0.1, -0.05) is 121 Å². The fourth-order valence-electron chi connectivity index (χ4n) is 18.5. The van der Waals surface area contributed by atoms with Crippen molar-refractivity contribution >= 4 is 47.3 Å². The van der Waals surface area contributed by atoms with Gasteiger partial charge in [-0.3, -0.25) is 38.4 Å². The van der Waals surface area contributed by atoms with E-state index in [4.69, 9.17) is 130 Å². The number of hydrogen-bond donors (Lipinski definition) is 16. The molecule has 0 aliphatic heterocycles. The number of aryl methyl sites for hydroxylation is 4. The molecule has 32 N–H and O–H groups in total. The van der Waals surface area contributed by atoms with Gasteiger partial charge >= 0.3 is 0 Å². The standard InChI is InChI=1S/C108H160N24O16/c109-29-45-125(46-30-110)101(133)69-141-93-65-95(143-71-103(135)127(49-33-113)50-34-114)87-61-85(93)81(25-21-77-13-5-1-6-14-77)86-62-88(96(144-72-104(136)128(51-35-115)52-36-116)66-94(86)142-70-102(134)126(47-31-111)48-32-112)83(27-23-79-17-9-3-10-18-79)90-64-92(100(148-76-108(140)132(59-43-123)60-44-124)68-98(90)146-74-106(138)130(55-39-119)56-40-120)84(28-24-80-19-11-4-12-20-80)91-63-89(82(87)26-22-78-15-7-2-8-16-78)97(145-73-105(137)129(53-37-117)54-38-118)67-99(91)147-75-107(139)131(57-41-121)58-42-122/h1-20,61-68,81-84H,21-60,69-76,109-124H2. The first-order valence-corrected chi connectivity index (χ1v) is 51.4. The van der Waals surface area contributed by atoms with Crippen LogP contribution < -0.4 is 130 Å². The van der Waals surface area contributed by atoms with Gasteiger partial charge in [0.15, 0.2) is 52.9 Å². The Labute approximate surface area is 869 Å². The average molecular weight is 2050 g/mol. The van der Waals surface area contributed by atoms with E-state index in [0.29, 0.717) is 44.5 Å². The highest BCUT2D eigenvalue weighted by molar-refractivity contribution is 5.83. The van der Waals surface area contributed by atoms with E-state index in [9.17, 15) is 0 Å². The fourth-order valence-corrected chi connectivity index (χ4v) is 18.5. The number of rotatable bonds is 68. The molecule has 0 saturated carbocycles. The highest BCUT2D eigenvalue weighted by Gasteiger charge is 2.39. The lowest BCUT2D eigenvalue weighted by Crippen LogP contribution is -2.41. The molecule has 0 heterocycles. The van der Waals surface area contributed by atoms with Gasteiger partial charge in [0.25, 0.3) is 47.3 Å². The summed E-state index contributed by atoms with van der Waals surface area (Å²) in [6.45, 7) is -2.95. The minimum Gasteiger partial charge on any atom is -0.483 e. The van der Waals surface area contributed by atoms with E-state index in [1.54, 1.807) is 24.3 Å². The summed E-state index contributed by atoms with van der Waals surface area (Å²) in [5, 5.41) is 0. The quantitative estimate of drug-likeness (QED) is 0.0240. The van der Waals surface area contributed by atoms with E-state index in [0.717, 1.165) is 22.3 Å². The number of hydrogen-bond acceptors (Lipinski definition) is 32. The van der Waals surface area contributed by atoms with Crippen molar-refractivity contribution in [1.82, 2.24) is 39.2 Å². The predicted octanol–water partition coefficient (Wildman–Crippen LogP) is 0.0572. The number of amides is 8. The van der Waals surface area contributed by atoms with Crippen molar-refractivity contribution in [3.63, 3.8) is 0 Å². The molecule has 1 aliphatic carbocycles. The van der Waals surface area contributed by atoms with Crippen LogP contribution in [0.15, 0.2) is 170 Å². The number of fused-ring (bicyclic) bond motifs is 8. The largest absolute Gasteiger partial charge is 0.483 e. The number of benzene rings is 8. The Morgan fingerprint density at radius 2 is 0.291 bits per heavy atom. The molecule has 0 spiro atoms. The molecule has 1 aliphatic rings. The third kappa shape index (κ3) is 35.8. The Bertz CT molecular complexity index is 4460. The summed E-state index contributed by atoms with van der Waals surface area (Å²) >= 11 is 0. The predicted molar refractivity (Wildman–Crippen MR) is 574 cm³/mol. The Balaban J connectivity index is 1.69. The molecular formula is C108H160N24O16. The van der Waals surface area contributed by atoms with E-state index >= 15 is 38.4 Å². The van der Waals surface area contributed by atoms with Crippen LogP contribution >= 0.6 is 0 Å². The van der Waals surface area contributed by atoms with Gasteiger partial charge in [0.1, 0.15) is 46.0 Å². The first-order valence-electron chi connectivity index (χ1n) is 51.4. The summed E-state index contributed by atoms with van der Waals surface area (Å²) in [6.07, 6.45) is 1.53. The summed E-state index contributed by atoms with van der Waals surface area (Å²) < 4.78 is 58.3. The van der Waals surface area contributed by atoms with Gasteiger partial charge in [-0.15, -0.1) is 0 Å². The first kappa shape index (κ1) is 119.